The number of fused-ring (bicyclic) bond motifs is 1. The molecule has 146 valence electrons. The number of hydrogen-bond donors (Lipinski definition) is 2. The number of aliphatic carboxylic acids is 1. The second-order valence-corrected chi connectivity index (χ2v) is 8.92. The third-order valence-electron chi connectivity index (χ3n) is 4.95. The van der Waals surface area contributed by atoms with Crippen LogP contribution in [0.3, 0.4) is 0 Å². The number of rotatable bonds is 4. The van der Waals surface area contributed by atoms with E-state index < -0.39 is 22.7 Å². The van der Waals surface area contributed by atoms with Crippen molar-refractivity contribution in [3.63, 3.8) is 0 Å². The lowest BCUT2D eigenvalue weighted by Crippen LogP contribution is -2.36. The molecule has 2 N–H and O–H groups in total. The van der Waals surface area contributed by atoms with Crippen LogP contribution in [0.4, 0.5) is 5.69 Å². The van der Waals surface area contributed by atoms with Gasteiger partial charge < -0.3 is 19.0 Å². The molecule has 0 spiro atoms. The van der Waals surface area contributed by atoms with E-state index in [-0.39, 0.29) is 10.1 Å². The number of thiophene rings is 1. The van der Waals surface area contributed by atoms with Crippen LogP contribution in [0.2, 0.25) is 0 Å². The minimum Gasteiger partial charge on any atom is -0.481 e. The number of anilines is 1. The minimum absolute atomic E-state index is 0.273. The van der Waals surface area contributed by atoms with Gasteiger partial charge in [-0.15, -0.1) is 11.3 Å². The Morgan fingerprint density at radius 2 is 1.93 bits per heavy atom. The number of carboxylic acid groups (broad SMARTS) is 1. The van der Waals surface area contributed by atoms with Gasteiger partial charge in [-0.25, -0.2) is 9.00 Å². The van der Waals surface area contributed by atoms with Crippen molar-refractivity contribution < 1.29 is 23.1 Å². The van der Waals surface area contributed by atoms with Crippen LogP contribution in [0.1, 0.15) is 12.8 Å². The maximum absolute atomic E-state index is 12.4. The van der Waals surface area contributed by atoms with Crippen molar-refractivity contribution in [1.82, 2.24) is 0 Å². The van der Waals surface area contributed by atoms with Gasteiger partial charge in [0.05, 0.1) is 11.5 Å². The Balaban J connectivity index is 1.63. The summed E-state index contributed by atoms with van der Waals surface area (Å²) in [6.45, 7) is 1.28. The van der Waals surface area contributed by atoms with E-state index in [1.54, 1.807) is 18.2 Å². The smallest absolute Gasteiger partial charge is 0.345 e. The first-order valence-corrected chi connectivity index (χ1v) is 10.6. The summed E-state index contributed by atoms with van der Waals surface area (Å²) >= 11 is -1.00. The van der Waals surface area contributed by atoms with Crippen molar-refractivity contribution in [2.75, 3.05) is 18.0 Å². The van der Waals surface area contributed by atoms with Crippen molar-refractivity contribution in [1.29, 1.82) is 0 Å². The molecule has 2 aromatic heterocycles. The SMILES string of the molecule is O=C(O)C1CCN(c2ccc3cc(-c4ccc(S(=O)O)s4)c(=O)oc3c2)CC1. The monoisotopic (exact) mass is 419 g/mol. The molecule has 1 atom stereocenters. The van der Waals surface area contributed by atoms with Gasteiger partial charge in [0.1, 0.15) is 9.79 Å². The Kier molecular flexibility index (Phi) is 5.05. The molecular weight excluding hydrogens is 402 g/mol. The highest BCUT2D eigenvalue weighted by Crippen LogP contribution is 2.31. The first-order valence-electron chi connectivity index (χ1n) is 8.69. The van der Waals surface area contributed by atoms with Gasteiger partial charge in [0.2, 0.25) is 0 Å². The van der Waals surface area contributed by atoms with Crippen molar-refractivity contribution in [2.45, 2.75) is 17.1 Å². The molecule has 4 rings (SSSR count). The maximum Gasteiger partial charge on any atom is 0.345 e. The number of nitrogens with zero attached hydrogens (tertiary/aromatic N) is 1. The number of hydrogen-bond acceptors (Lipinski definition) is 6. The normalized spacial score (nSPS) is 16.4. The highest BCUT2D eigenvalue weighted by molar-refractivity contribution is 7.81. The fraction of sp³-hybridized carbons (Fsp3) is 0.263. The average molecular weight is 419 g/mol. The van der Waals surface area contributed by atoms with Crippen molar-refractivity contribution in [2.24, 2.45) is 5.92 Å². The van der Waals surface area contributed by atoms with Crippen LogP contribution in [-0.2, 0) is 15.9 Å². The number of piperidine rings is 1. The Bertz CT molecular complexity index is 1130. The molecule has 3 heterocycles. The van der Waals surface area contributed by atoms with E-state index in [9.17, 15) is 18.4 Å². The van der Waals surface area contributed by atoms with E-state index in [0.717, 1.165) is 22.4 Å². The topological polar surface area (TPSA) is 108 Å². The number of benzene rings is 1. The summed E-state index contributed by atoms with van der Waals surface area (Å²) in [6, 6.07) is 10.5. The predicted molar refractivity (Wildman–Crippen MR) is 107 cm³/mol. The summed E-state index contributed by atoms with van der Waals surface area (Å²) in [5.74, 6) is -1.06. The number of carbonyl (C=O) groups is 1. The van der Waals surface area contributed by atoms with Gasteiger partial charge in [-0.3, -0.25) is 4.79 Å². The molecule has 0 bridgehead atoms. The zero-order chi connectivity index (χ0) is 19.8. The first kappa shape index (κ1) is 18.9. The van der Waals surface area contributed by atoms with Gasteiger partial charge in [-0.1, -0.05) is 0 Å². The molecule has 9 heteroatoms. The Morgan fingerprint density at radius 1 is 1.18 bits per heavy atom. The van der Waals surface area contributed by atoms with E-state index in [1.165, 1.54) is 6.07 Å². The molecule has 3 aromatic rings. The lowest BCUT2D eigenvalue weighted by Gasteiger charge is -2.31. The van der Waals surface area contributed by atoms with Gasteiger partial charge >= 0.3 is 11.6 Å². The fourth-order valence-corrected chi connectivity index (χ4v) is 4.89. The molecule has 1 fully saturated rings. The molecule has 1 aliphatic heterocycles. The van der Waals surface area contributed by atoms with Crippen LogP contribution in [-0.4, -0.2) is 32.9 Å². The van der Waals surface area contributed by atoms with E-state index >= 15 is 0 Å². The number of carboxylic acids is 1. The molecule has 1 aliphatic rings. The molecule has 28 heavy (non-hydrogen) atoms. The van der Waals surface area contributed by atoms with Crippen LogP contribution >= 0.6 is 11.3 Å². The van der Waals surface area contributed by atoms with Gasteiger partial charge in [-0.05, 0) is 43.2 Å². The lowest BCUT2D eigenvalue weighted by molar-refractivity contribution is -0.142. The molecule has 1 aromatic carbocycles. The van der Waals surface area contributed by atoms with Crippen LogP contribution in [0.15, 0.2) is 49.8 Å². The minimum atomic E-state index is -2.08. The van der Waals surface area contributed by atoms with Crippen LogP contribution < -0.4 is 10.5 Å². The van der Waals surface area contributed by atoms with E-state index in [0.29, 0.717) is 42.0 Å². The van der Waals surface area contributed by atoms with Crippen LogP contribution in [0.5, 0.6) is 0 Å². The zero-order valence-electron chi connectivity index (χ0n) is 14.7. The average Bonchev–Trinajstić information content (AvgIpc) is 3.17. The van der Waals surface area contributed by atoms with Crippen molar-refractivity contribution >= 4 is 45.0 Å². The summed E-state index contributed by atoms with van der Waals surface area (Å²) in [6.07, 6.45) is 1.17. The molecule has 0 amide bonds. The summed E-state index contributed by atoms with van der Waals surface area (Å²) < 4.78 is 26.1. The molecule has 1 saturated heterocycles. The first-order chi connectivity index (χ1) is 13.4. The van der Waals surface area contributed by atoms with E-state index in [4.69, 9.17) is 9.52 Å². The second-order valence-electron chi connectivity index (χ2n) is 6.64. The molecule has 1 unspecified atom stereocenters. The Labute approximate surface area is 166 Å². The van der Waals surface area contributed by atoms with Crippen molar-refractivity contribution in [3.05, 3.63) is 46.8 Å². The van der Waals surface area contributed by atoms with Crippen LogP contribution in [0.25, 0.3) is 21.4 Å². The molecule has 0 radical (unpaired) electrons. The fourth-order valence-electron chi connectivity index (χ4n) is 3.41. The predicted octanol–water partition coefficient (Wildman–Crippen LogP) is 3.40. The van der Waals surface area contributed by atoms with Crippen LogP contribution in [0, 0.1) is 5.92 Å². The third-order valence-corrected chi connectivity index (χ3v) is 7.02. The van der Waals surface area contributed by atoms with E-state index in [1.807, 2.05) is 12.1 Å². The zero-order valence-corrected chi connectivity index (χ0v) is 16.3. The van der Waals surface area contributed by atoms with Crippen molar-refractivity contribution in [3.8, 4) is 10.4 Å². The van der Waals surface area contributed by atoms with Gasteiger partial charge in [-0.2, -0.15) is 0 Å². The highest BCUT2D eigenvalue weighted by atomic mass is 32.2. The molecule has 0 aliphatic carbocycles. The summed E-state index contributed by atoms with van der Waals surface area (Å²) in [5, 5.41) is 9.87. The Morgan fingerprint density at radius 3 is 2.57 bits per heavy atom. The highest BCUT2D eigenvalue weighted by Gasteiger charge is 2.24. The van der Waals surface area contributed by atoms with E-state index in [2.05, 4.69) is 4.90 Å². The Hall–Kier alpha value is -2.49. The summed E-state index contributed by atoms with van der Waals surface area (Å²) in [5.41, 5.74) is 1.19. The quantitative estimate of drug-likeness (QED) is 0.493. The van der Waals surface area contributed by atoms with Gasteiger partial charge in [0.25, 0.3) is 0 Å². The summed E-state index contributed by atoms with van der Waals surface area (Å²) in [7, 11) is 0. The second kappa shape index (κ2) is 7.50. The lowest BCUT2D eigenvalue weighted by atomic mass is 9.96. The standard InChI is InChI=1S/C19H17NO6S2/c21-18(22)11-5-7-20(8-6-11)13-2-1-12-9-14(19(23)26-15(12)10-13)16-3-4-17(27-16)28(24)25/h1-4,9-11H,5-8H2,(H,21,22)(H,24,25). The maximum atomic E-state index is 12.4. The third kappa shape index (κ3) is 3.60. The molecule has 0 saturated carbocycles. The summed E-state index contributed by atoms with van der Waals surface area (Å²) in [4.78, 5) is 26.2. The molecular formula is C19H17NO6S2. The largest absolute Gasteiger partial charge is 0.481 e. The molecule has 7 nitrogen and oxygen atoms in total. The van der Waals surface area contributed by atoms with Gasteiger partial charge in [0, 0.05) is 35.1 Å². The van der Waals surface area contributed by atoms with Gasteiger partial charge in [0.15, 0.2) is 11.1 Å².